The van der Waals surface area contributed by atoms with Crippen LogP contribution < -0.4 is 4.90 Å². The fourth-order valence-corrected chi connectivity index (χ4v) is 6.07. The van der Waals surface area contributed by atoms with E-state index in [-0.39, 0.29) is 30.0 Å². The van der Waals surface area contributed by atoms with Crippen molar-refractivity contribution < 1.29 is 19.4 Å². The zero-order chi connectivity index (χ0) is 25.6. The van der Waals surface area contributed by atoms with Crippen LogP contribution in [0, 0.1) is 12.8 Å². The second kappa shape index (κ2) is 9.59. The molecule has 1 N–H and O–H groups in total. The number of carboxylic acids is 1. The fraction of sp³-hybridized carbons (Fsp3) is 0.556. The average molecular weight is 494 g/mol. The van der Waals surface area contributed by atoms with Gasteiger partial charge in [0.2, 0.25) is 0 Å². The van der Waals surface area contributed by atoms with Gasteiger partial charge in [0.1, 0.15) is 5.82 Å². The van der Waals surface area contributed by atoms with Gasteiger partial charge in [0.25, 0.3) is 0 Å². The smallest absolute Gasteiger partial charge is 0.414 e. The predicted molar refractivity (Wildman–Crippen MR) is 136 cm³/mol. The normalized spacial score (nSPS) is 22.9. The number of imidazole rings is 1. The van der Waals surface area contributed by atoms with Crippen LogP contribution in [0.5, 0.6) is 0 Å². The van der Waals surface area contributed by atoms with Gasteiger partial charge in [-0.05, 0) is 64.2 Å². The number of aromatic nitrogens is 4. The van der Waals surface area contributed by atoms with Crippen molar-refractivity contribution in [3.8, 4) is 0 Å². The van der Waals surface area contributed by atoms with Crippen molar-refractivity contribution in [2.24, 2.45) is 5.92 Å². The molecule has 0 spiro atoms. The van der Waals surface area contributed by atoms with Gasteiger partial charge in [0.15, 0.2) is 0 Å². The molecule has 1 fully saturated rings. The Morgan fingerprint density at radius 3 is 2.72 bits per heavy atom. The van der Waals surface area contributed by atoms with Crippen molar-refractivity contribution in [1.29, 1.82) is 0 Å². The van der Waals surface area contributed by atoms with E-state index in [1.165, 1.54) is 7.11 Å². The van der Waals surface area contributed by atoms with Crippen molar-refractivity contribution in [2.75, 3.05) is 12.0 Å². The van der Waals surface area contributed by atoms with E-state index >= 15 is 0 Å². The largest absolute Gasteiger partial charge is 0.481 e. The fourth-order valence-electron chi connectivity index (χ4n) is 6.07. The number of anilines is 1. The van der Waals surface area contributed by atoms with E-state index in [0.717, 1.165) is 65.9 Å². The standard InChI is InChI=1S/C27H35N5O4/c1-16(15-30-13-12-17(2)29-30)25-28-24-21-9-8-18(3)31(27(35)36-4)22(21)10-11-23(24)32(25)20-7-5-6-19(14-20)26(33)34/h10-13,16,18-20H,5-9,14-15H2,1-4H3,(H,33,34)/t16-,18-,19+,20+/m0/s1. The number of hydrogen-bond acceptors (Lipinski definition) is 5. The van der Waals surface area contributed by atoms with E-state index in [1.807, 2.05) is 42.9 Å². The molecular weight excluding hydrogens is 458 g/mol. The third-order valence-electron chi connectivity index (χ3n) is 7.89. The first kappa shape index (κ1) is 24.3. The van der Waals surface area contributed by atoms with Crippen molar-refractivity contribution in [1.82, 2.24) is 19.3 Å². The lowest BCUT2D eigenvalue weighted by atomic mass is 9.85. The maximum Gasteiger partial charge on any atom is 0.414 e. The monoisotopic (exact) mass is 493 g/mol. The molecule has 3 aromatic rings. The Labute approximate surface area is 211 Å². The highest BCUT2D eigenvalue weighted by Crippen LogP contribution is 2.41. The molecule has 3 heterocycles. The number of methoxy groups -OCH3 is 1. The van der Waals surface area contributed by atoms with E-state index in [4.69, 9.17) is 9.72 Å². The quantitative estimate of drug-likeness (QED) is 0.532. The second-order valence-corrected chi connectivity index (χ2v) is 10.4. The van der Waals surface area contributed by atoms with Gasteiger partial charge >= 0.3 is 12.1 Å². The Balaban J connectivity index is 1.64. The number of nitrogens with zero attached hydrogens (tertiary/aromatic N) is 5. The SMILES string of the molecule is COC(=O)N1c2ccc3c(nc([C@@H](C)Cn4ccc(C)n4)n3[C@@H]3CCC[C@@H](C(=O)O)C3)c2CC[C@@H]1C. The van der Waals surface area contributed by atoms with Gasteiger partial charge in [-0.1, -0.05) is 13.3 Å². The highest BCUT2D eigenvalue weighted by Gasteiger charge is 2.35. The van der Waals surface area contributed by atoms with Crippen LogP contribution >= 0.6 is 0 Å². The van der Waals surface area contributed by atoms with Crippen LogP contribution in [0.25, 0.3) is 11.0 Å². The number of hydrogen-bond donors (Lipinski definition) is 1. The Hall–Kier alpha value is -3.36. The van der Waals surface area contributed by atoms with Crippen molar-refractivity contribution in [3.63, 3.8) is 0 Å². The molecule has 1 saturated carbocycles. The van der Waals surface area contributed by atoms with Gasteiger partial charge in [-0.3, -0.25) is 14.4 Å². The summed E-state index contributed by atoms with van der Waals surface area (Å²) in [6.07, 6.45) is 6.41. The van der Waals surface area contributed by atoms with Crippen LogP contribution in [0.2, 0.25) is 0 Å². The molecule has 1 amide bonds. The summed E-state index contributed by atoms with van der Waals surface area (Å²) in [5.74, 6) is -0.0418. The molecule has 9 heteroatoms. The molecule has 36 heavy (non-hydrogen) atoms. The summed E-state index contributed by atoms with van der Waals surface area (Å²) in [6.45, 7) is 6.85. The predicted octanol–water partition coefficient (Wildman–Crippen LogP) is 5.07. The minimum atomic E-state index is -0.717. The van der Waals surface area contributed by atoms with Gasteiger partial charge < -0.3 is 14.4 Å². The first-order valence-corrected chi connectivity index (χ1v) is 12.9. The molecule has 9 nitrogen and oxygen atoms in total. The number of amides is 1. The first-order chi connectivity index (χ1) is 17.3. The Kier molecular flexibility index (Phi) is 6.49. The number of ether oxygens (including phenoxy) is 1. The van der Waals surface area contributed by atoms with Gasteiger partial charge in [-0.15, -0.1) is 0 Å². The lowest BCUT2D eigenvalue weighted by molar-refractivity contribution is -0.143. The molecule has 192 valence electrons. The summed E-state index contributed by atoms with van der Waals surface area (Å²) in [6, 6.07) is 6.16. The molecule has 0 bridgehead atoms. The summed E-state index contributed by atoms with van der Waals surface area (Å²) in [5, 5.41) is 14.3. The number of aryl methyl sites for hydroxylation is 2. The van der Waals surface area contributed by atoms with Gasteiger partial charge in [0, 0.05) is 29.8 Å². The van der Waals surface area contributed by atoms with Crippen LogP contribution in [0.1, 0.15) is 75.0 Å². The van der Waals surface area contributed by atoms with Crippen LogP contribution in [0.3, 0.4) is 0 Å². The molecule has 2 aliphatic rings. The lowest BCUT2D eigenvalue weighted by Crippen LogP contribution is -2.42. The molecule has 0 unspecified atom stereocenters. The second-order valence-electron chi connectivity index (χ2n) is 10.4. The molecule has 4 atom stereocenters. The van der Waals surface area contributed by atoms with Crippen LogP contribution in [0.15, 0.2) is 24.4 Å². The molecule has 5 rings (SSSR count). The summed E-state index contributed by atoms with van der Waals surface area (Å²) < 4.78 is 9.33. The number of rotatable bonds is 5. The molecule has 1 aliphatic carbocycles. The number of carbonyl (C=O) groups is 2. The molecule has 1 aliphatic heterocycles. The van der Waals surface area contributed by atoms with E-state index < -0.39 is 5.97 Å². The third-order valence-corrected chi connectivity index (χ3v) is 7.89. The maximum absolute atomic E-state index is 12.6. The number of carbonyl (C=O) groups excluding carboxylic acids is 1. The maximum atomic E-state index is 12.6. The highest BCUT2D eigenvalue weighted by atomic mass is 16.5. The van der Waals surface area contributed by atoms with Crippen LogP contribution in [-0.4, -0.2) is 49.7 Å². The summed E-state index contributed by atoms with van der Waals surface area (Å²) in [4.78, 5) is 31.4. The van der Waals surface area contributed by atoms with E-state index in [2.05, 4.69) is 16.6 Å². The van der Waals surface area contributed by atoms with Crippen LogP contribution in [-0.2, 0) is 22.5 Å². The third kappa shape index (κ3) is 4.24. The van der Waals surface area contributed by atoms with E-state index in [1.54, 1.807) is 4.90 Å². The Morgan fingerprint density at radius 2 is 2.03 bits per heavy atom. The summed E-state index contributed by atoms with van der Waals surface area (Å²) in [5.41, 5.74) is 4.81. The van der Waals surface area contributed by atoms with E-state index in [0.29, 0.717) is 13.0 Å². The van der Waals surface area contributed by atoms with Crippen LogP contribution in [0.4, 0.5) is 10.5 Å². The number of aliphatic carboxylic acids is 1. The minimum absolute atomic E-state index is 0.0422. The van der Waals surface area contributed by atoms with Crippen molar-refractivity contribution in [2.45, 2.75) is 83.8 Å². The zero-order valence-electron chi connectivity index (χ0n) is 21.5. The molecule has 1 aromatic carbocycles. The van der Waals surface area contributed by atoms with Gasteiger partial charge in [-0.2, -0.15) is 5.10 Å². The lowest BCUT2D eigenvalue weighted by Gasteiger charge is -2.34. The molecule has 0 radical (unpaired) electrons. The average Bonchev–Trinajstić information content (AvgIpc) is 3.46. The Morgan fingerprint density at radius 1 is 1.22 bits per heavy atom. The highest BCUT2D eigenvalue weighted by molar-refractivity contribution is 5.95. The van der Waals surface area contributed by atoms with E-state index in [9.17, 15) is 14.7 Å². The molecular formula is C27H35N5O4. The van der Waals surface area contributed by atoms with Gasteiger partial charge in [-0.25, -0.2) is 9.78 Å². The number of fused-ring (bicyclic) bond motifs is 3. The van der Waals surface area contributed by atoms with Crippen molar-refractivity contribution >= 4 is 28.8 Å². The molecule has 0 saturated heterocycles. The first-order valence-electron chi connectivity index (χ1n) is 12.9. The number of carboxylic acid groups (broad SMARTS) is 1. The molecule has 2 aromatic heterocycles. The summed E-state index contributed by atoms with van der Waals surface area (Å²) >= 11 is 0. The number of benzene rings is 1. The zero-order valence-corrected chi connectivity index (χ0v) is 21.5. The van der Waals surface area contributed by atoms with Gasteiger partial charge in [0.05, 0.1) is 42.0 Å². The van der Waals surface area contributed by atoms with Crippen molar-refractivity contribution in [3.05, 3.63) is 41.5 Å². The summed E-state index contributed by atoms with van der Waals surface area (Å²) in [7, 11) is 1.41. The topological polar surface area (TPSA) is 102 Å². The minimum Gasteiger partial charge on any atom is -0.481 e. The Bertz CT molecular complexity index is 1290.